The van der Waals surface area contributed by atoms with Crippen LogP contribution in [0, 0.1) is 5.82 Å². The van der Waals surface area contributed by atoms with Crippen molar-refractivity contribution in [1.29, 1.82) is 0 Å². The van der Waals surface area contributed by atoms with Crippen molar-refractivity contribution in [3.63, 3.8) is 0 Å². The van der Waals surface area contributed by atoms with E-state index < -0.39 is 5.91 Å². The van der Waals surface area contributed by atoms with Crippen LogP contribution < -0.4 is 10.6 Å². The predicted octanol–water partition coefficient (Wildman–Crippen LogP) is 5.65. The number of piperidine rings is 1. The van der Waals surface area contributed by atoms with E-state index in [0.29, 0.717) is 39.5 Å². The number of halogens is 3. The number of anilines is 2. The van der Waals surface area contributed by atoms with Gasteiger partial charge in [0, 0.05) is 29.7 Å². The second-order valence-corrected chi connectivity index (χ2v) is 9.10. The van der Waals surface area contributed by atoms with E-state index in [1.807, 2.05) is 0 Å². The first-order valence-electron chi connectivity index (χ1n) is 9.80. The monoisotopic (exact) mass is 493 g/mol. The van der Waals surface area contributed by atoms with E-state index in [1.54, 1.807) is 23.1 Å². The van der Waals surface area contributed by atoms with E-state index in [9.17, 15) is 14.0 Å². The summed E-state index contributed by atoms with van der Waals surface area (Å²) in [7, 11) is 0. The number of nitrogens with zero attached hydrogens (tertiary/aromatic N) is 3. The molecule has 1 aliphatic rings. The first kappa shape index (κ1) is 22.4. The van der Waals surface area contributed by atoms with Crippen LogP contribution in [0.25, 0.3) is 0 Å². The minimum absolute atomic E-state index is 0.0331. The fraction of sp³-hybridized carbons (Fsp3) is 0.238. The first-order chi connectivity index (χ1) is 15.4. The van der Waals surface area contributed by atoms with E-state index in [1.165, 1.54) is 35.6 Å². The van der Waals surface area contributed by atoms with Gasteiger partial charge in [-0.2, -0.15) is 0 Å². The molecular weight excluding hydrogens is 476 g/mol. The van der Waals surface area contributed by atoms with E-state index in [-0.39, 0.29) is 22.8 Å². The largest absolute Gasteiger partial charge is 0.324 e. The zero-order valence-electron chi connectivity index (χ0n) is 16.6. The molecule has 2 aromatic carbocycles. The smallest absolute Gasteiger partial charge is 0.321 e. The van der Waals surface area contributed by atoms with Crippen LogP contribution >= 0.6 is 34.5 Å². The lowest BCUT2D eigenvalue weighted by molar-refractivity contribution is 0.102. The Balaban J connectivity index is 1.39. The summed E-state index contributed by atoms with van der Waals surface area (Å²) in [5.41, 5.74) is 0.912. The Hall–Kier alpha value is -2.75. The topological polar surface area (TPSA) is 87.2 Å². The number of nitrogens with one attached hydrogen (secondary N) is 2. The molecule has 0 radical (unpaired) electrons. The summed E-state index contributed by atoms with van der Waals surface area (Å²) >= 11 is 13.3. The SMILES string of the molecule is O=C(Nc1ccc(F)cc1)c1nnc(C2CCCN(C(=O)Nc3cc(Cl)ccc3Cl)C2)s1. The average molecular weight is 494 g/mol. The summed E-state index contributed by atoms with van der Waals surface area (Å²) in [5.74, 6) is -0.833. The molecule has 11 heteroatoms. The summed E-state index contributed by atoms with van der Waals surface area (Å²) in [6, 6.07) is 10.1. The van der Waals surface area contributed by atoms with Crippen molar-refractivity contribution in [2.75, 3.05) is 23.7 Å². The van der Waals surface area contributed by atoms with Gasteiger partial charge in [-0.05, 0) is 55.3 Å². The number of urea groups is 1. The van der Waals surface area contributed by atoms with Crippen LogP contribution in [0.5, 0.6) is 0 Å². The fourth-order valence-electron chi connectivity index (χ4n) is 3.36. The Morgan fingerprint density at radius 2 is 1.88 bits per heavy atom. The fourth-order valence-corrected chi connectivity index (χ4v) is 4.56. The third-order valence-corrected chi connectivity index (χ3v) is 6.61. The van der Waals surface area contributed by atoms with Crippen molar-refractivity contribution < 1.29 is 14.0 Å². The maximum absolute atomic E-state index is 13.0. The highest BCUT2D eigenvalue weighted by atomic mass is 35.5. The van der Waals surface area contributed by atoms with Crippen molar-refractivity contribution in [2.24, 2.45) is 0 Å². The van der Waals surface area contributed by atoms with Gasteiger partial charge in [-0.1, -0.05) is 34.5 Å². The Labute approximate surface area is 197 Å². The third-order valence-electron chi connectivity index (χ3n) is 4.96. The average Bonchev–Trinajstić information content (AvgIpc) is 3.28. The molecule has 1 fully saturated rings. The van der Waals surface area contributed by atoms with Crippen LogP contribution in [0.4, 0.5) is 20.6 Å². The Bertz CT molecular complexity index is 1140. The van der Waals surface area contributed by atoms with Crippen molar-refractivity contribution in [3.8, 4) is 0 Å². The number of likely N-dealkylation sites (tertiary alicyclic amines) is 1. The highest BCUT2D eigenvalue weighted by Crippen LogP contribution is 2.31. The summed E-state index contributed by atoms with van der Waals surface area (Å²) < 4.78 is 13.0. The molecule has 2 heterocycles. The maximum Gasteiger partial charge on any atom is 0.321 e. The quantitative estimate of drug-likeness (QED) is 0.491. The standard InChI is InChI=1S/C21H18Cl2FN5O2S/c22-13-3-8-16(23)17(10-13)26-21(31)29-9-1-2-12(11-29)19-27-28-20(32-19)18(30)25-15-6-4-14(24)5-7-15/h3-8,10,12H,1-2,9,11H2,(H,25,30)(H,26,31). The number of hydrogen-bond donors (Lipinski definition) is 2. The Kier molecular flexibility index (Phi) is 6.88. The molecule has 1 aliphatic heterocycles. The molecule has 1 aromatic heterocycles. The number of aromatic nitrogens is 2. The maximum atomic E-state index is 13.0. The lowest BCUT2D eigenvalue weighted by atomic mass is 9.99. The third kappa shape index (κ3) is 5.35. The predicted molar refractivity (Wildman–Crippen MR) is 123 cm³/mol. The summed E-state index contributed by atoms with van der Waals surface area (Å²) in [5, 5.41) is 15.4. The van der Waals surface area contributed by atoms with E-state index >= 15 is 0 Å². The highest BCUT2D eigenvalue weighted by molar-refractivity contribution is 7.13. The Morgan fingerprint density at radius 3 is 2.66 bits per heavy atom. The molecule has 3 amide bonds. The zero-order valence-corrected chi connectivity index (χ0v) is 19.0. The molecule has 0 aliphatic carbocycles. The number of carbonyl (C=O) groups is 2. The Morgan fingerprint density at radius 1 is 1.09 bits per heavy atom. The van der Waals surface area contributed by atoms with Crippen LogP contribution in [0.1, 0.15) is 33.6 Å². The molecule has 0 spiro atoms. The van der Waals surface area contributed by atoms with Crippen LogP contribution in [0.15, 0.2) is 42.5 Å². The number of benzene rings is 2. The molecule has 3 aromatic rings. The van der Waals surface area contributed by atoms with Crippen LogP contribution in [-0.4, -0.2) is 40.1 Å². The van der Waals surface area contributed by atoms with Gasteiger partial charge in [0.05, 0.1) is 10.7 Å². The highest BCUT2D eigenvalue weighted by Gasteiger charge is 2.28. The number of hydrogen-bond acceptors (Lipinski definition) is 5. The lowest BCUT2D eigenvalue weighted by Crippen LogP contribution is -2.41. The molecule has 2 N–H and O–H groups in total. The van der Waals surface area contributed by atoms with Crippen molar-refractivity contribution in [3.05, 3.63) is 68.3 Å². The van der Waals surface area contributed by atoms with Gasteiger partial charge in [-0.3, -0.25) is 4.79 Å². The van der Waals surface area contributed by atoms with Gasteiger partial charge >= 0.3 is 6.03 Å². The van der Waals surface area contributed by atoms with Gasteiger partial charge < -0.3 is 15.5 Å². The molecule has 166 valence electrons. The number of carbonyl (C=O) groups excluding carboxylic acids is 2. The molecule has 4 rings (SSSR count). The van der Waals surface area contributed by atoms with Crippen LogP contribution in [0.2, 0.25) is 10.0 Å². The zero-order chi connectivity index (χ0) is 22.7. The van der Waals surface area contributed by atoms with Gasteiger partial charge in [0.1, 0.15) is 10.8 Å². The van der Waals surface area contributed by atoms with E-state index in [2.05, 4.69) is 20.8 Å². The minimum atomic E-state index is -0.415. The van der Waals surface area contributed by atoms with Crippen molar-refractivity contribution >= 4 is 57.9 Å². The van der Waals surface area contributed by atoms with Gasteiger partial charge in [0.15, 0.2) is 0 Å². The second-order valence-electron chi connectivity index (χ2n) is 7.25. The lowest BCUT2D eigenvalue weighted by Gasteiger charge is -2.31. The minimum Gasteiger partial charge on any atom is -0.324 e. The van der Waals surface area contributed by atoms with Crippen molar-refractivity contribution in [2.45, 2.75) is 18.8 Å². The van der Waals surface area contributed by atoms with Crippen LogP contribution in [-0.2, 0) is 0 Å². The number of amides is 3. The summed E-state index contributed by atoms with van der Waals surface area (Å²) in [6.45, 7) is 1.04. The van der Waals surface area contributed by atoms with Gasteiger partial charge in [-0.25, -0.2) is 9.18 Å². The van der Waals surface area contributed by atoms with E-state index in [0.717, 1.165) is 12.8 Å². The van der Waals surface area contributed by atoms with Crippen LogP contribution in [0.3, 0.4) is 0 Å². The molecule has 7 nitrogen and oxygen atoms in total. The molecule has 1 atom stereocenters. The molecule has 0 bridgehead atoms. The second kappa shape index (κ2) is 9.81. The van der Waals surface area contributed by atoms with E-state index in [4.69, 9.17) is 23.2 Å². The van der Waals surface area contributed by atoms with Crippen molar-refractivity contribution in [1.82, 2.24) is 15.1 Å². The summed E-state index contributed by atoms with van der Waals surface area (Å²) in [6.07, 6.45) is 1.62. The molecule has 32 heavy (non-hydrogen) atoms. The van der Waals surface area contributed by atoms with Gasteiger partial charge in [-0.15, -0.1) is 10.2 Å². The molecular formula is C21H18Cl2FN5O2S. The molecule has 1 unspecified atom stereocenters. The first-order valence-corrected chi connectivity index (χ1v) is 11.4. The normalized spacial score (nSPS) is 16.0. The number of rotatable bonds is 4. The van der Waals surface area contributed by atoms with Gasteiger partial charge in [0.2, 0.25) is 5.01 Å². The molecule has 0 saturated carbocycles. The summed E-state index contributed by atoms with van der Waals surface area (Å²) in [4.78, 5) is 26.9. The molecule has 1 saturated heterocycles. The van der Waals surface area contributed by atoms with Gasteiger partial charge in [0.25, 0.3) is 5.91 Å².